The van der Waals surface area contributed by atoms with E-state index in [9.17, 15) is 0 Å². The molecule has 1 aromatic heterocycles. The highest BCUT2D eigenvalue weighted by molar-refractivity contribution is 9.10. The van der Waals surface area contributed by atoms with Crippen molar-refractivity contribution in [3.05, 3.63) is 16.4 Å². The van der Waals surface area contributed by atoms with Crippen LogP contribution in [0, 0.1) is 12.8 Å². The molecule has 1 aliphatic rings. The van der Waals surface area contributed by atoms with Gasteiger partial charge in [-0.15, -0.1) is 0 Å². The molecule has 3 nitrogen and oxygen atoms in total. The average Bonchev–Trinajstić information content (AvgIpc) is 2.17. The molecular formula is C10H14BrN3. The van der Waals surface area contributed by atoms with E-state index in [4.69, 9.17) is 0 Å². The zero-order valence-electron chi connectivity index (χ0n) is 8.42. The van der Waals surface area contributed by atoms with Crippen molar-refractivity contribution in [2.75, 3.05) is 5.32 Å². The molecule has 1 saturated carbocycles. The molecule has 0 radical (unpaired) electrons. The number of anilines is 1. The molecule has 1 fully saturated rings. The summed E-state index contributed by atoms with van der Waals surface area (Å²) < 4.78 is 0.963. The summed E-state index contributed by atoms with van der Waals surface area (Å²) in [5.41, 5.74) is 0.981. The summed E-state index contributed by atoms with van der Waals surface area (Å²) in [6.07, 6.45) is 4.35. The van der Waals surface area contributed by atoms with Crippen molar-refractivity contribution in [3.63, 3.8) is 0 Å². The predicted octanol–water partition coefficient (Wildman–Crippen LogP) is 2.76. The fraction of sp³-hybridized carbons (Fsp3) is 0.600. The van der Waals surface area contributed by atoms with E-state index in [1.54, 1.807) is 6.20 Å². The molecule has 14 heavy (non-hydrogen) atoms. The number of aryl methyl sites for hydroxylation is 1. The first-order valence-electron chi connectivity index (χ1n) is 4.92. The van der Waals surface area contributed by atoms with Crippen LogP contribution in [-0.2, 0) is 0 Å². The average molecular weight is 256 g/mol. The fourth-order valence-electron chi connectivity index (χ4n) is 1.57. The van der Waals surface area contributed by atoms with Crippen molar-refractivity contribution in [1.82, 2.24) is 9.97 Å². The van der Waals surface area contributed by atoms with Crippen molar-refractivity contribution >= 4 is 21.9 Å². The minimum atomic E-state index is 0.565. The summed E-state index contributed by atoms with van der Waals surface area (Å²) in [6.45, 7) is 4.23. The third-order valence-electron chi connectivity index (χ3n) is 2.85. The minimum Gasteiger partial charge on any atom is -0.351 e. The highest BCUT2D eigenvalue weighted by atomic mass is 79.9. The van der Waals surface area contributed by atoms with Crippen molar-refractivity contribution < 1.29 is 0 Å². The summed E-state index contributed by atoms with van der Waals surface area (Å²) in [7, 11) is 0. The maximum absolute atomic E-state index is 4.36. The molecule has 0 saturated heterocycles. The van der Waals surface area contributed by atoms with Gasteiger partial charge in [-0.1, -0.05) is 6.92 Å². The second-order valence-electron chi connectivity index (χ2n) is 3.93. The van der Waals surface area contributed by atoms with Crippen molar-refractivity contribution in [2.24, 2.45) is 5.92 Å². The Bertz CT molecular complexity index is 340. The van der Waals surface area contributed by atoms with Crippen LogP contribution in [0.5, 0.6) is 0 Å². The quantitative estimate of drug-likeness (QED) is 0.884. The van der Waals surface area contributed by atoms with Gasteiger partial charge >= 0.3 is 0 Å². The second kappa shape index (κ2) is 3.85. The van der Waals surface area contributed by atoms with E-state index >= 15 is 0 Å². The zero-order valence-corrected chi connectivity index (χ0v) is 10.0. The molecule has 0 aliphatic heterocycles. The first kappa shape index (κ1) is 9.90. The van der Waals surface area contributed by atoms with Crippen molar-refractivity contribution in [2.45, 2.75) is 32.7 Å². The highest BCUT2D eigenvalue weighted by Gasteiger charge is 2.26. The number of hydrogen-bond acceptors (Lipinski definition) is 3. The van der Waals surface area contributed by atoms with Gasteiger partial charge in [-0.05, 0) is 41.6 Å². The summed E-state index contributed by atoms with van der Waals surface area (Å²) in [5.74, 6) is 1.50. The summed E-state index contributed by atoms with van der Waals surface area (Å²) in [6, 6.07) is 0.565. The SMILES string of the molecule is Cc1nc(NC2CCC2C)ncc1Br. The number of nitrogens with zero attached hydrogens (tertiary/aromatic N) is 2. The molecule has 1 aliphatic carbocycles. The van der Waals surface area contributed by atoms with Crippen LogP contribution in [0.2, 0.25) is 0 Å². The lowest BCUT2D eigenvalue weighted by Crippen LogP contribution is -2.36. The van der Waals surface area contributed by atoms with Crippen LogP contribution in [0.3, 0.4) is 0 Å². The van der Waals surface area contributed by atoms with Crippen LogP contribution in [0.4, 0.5) is 5.95 Å². The molecule has 0 spiro atoms. The van der Waals surface area contributed by atoms with Gasteiger partial charge < -0.3 is 5.32 Å². The van der Waals surface area contributed by atoms with E-state index in [1.165, 1.54) is 12.8 Å². The van der Waals surface area contributed by atoms with Crippen LogP contribution in [-0.4, -0.2) is 16.0 Å². The lowest BCUT2D eigenvalue weighted by molar-refractivity contribution is 0.302. The Balaban J connectivity index is 2.06. The lowest BCUT2D eigenvalue weighted by atomic mass is 9.81. The van der Waals surface area contributed by atoms with Gasteiger partial charge in [0.1, 0.15) is 0 Å². The zero-order chi connectivity index (χ0) is 10.1. The number of halogens is 1. The molecule has 0 aromatic carbocycles. The van der Waals surface area contributed by atoms with Gasteiger partial charge in [0.05, 0.1) is 10.2 Å². The predicted molar refractivity (Wildman–Crippen MR) is 60.3 cm³/mol. The largest absolute Gasteiger partial charge is 0.351 e. The molecule has 76 valence electrons. The minimum absolute atomic E-state index is 0.565. The second-order valence-corrected chi connectivity index (χ2v) is 4.79. The Morgan fingerprint density at radius 2 is 2.29 bits per heavy atom. The summed E-state index contributed by atoms with van der Waals surface area (Å²) in [5, 5.41) is 3.35. The first-order chi connectivity index (χ1) is 6.66. The van der Waals surface area contributed by atoms with E-state index in [2.05, 4.69) is 38.1 Å². The maximum Gasteiger partial charge on any atom is 0.223 e. The summed E-state index contributed by atoms with van der Waals surface area (Å²) >= 11 is 3.39. The molecule has 0 amide bonds. The number of hydrogen-bond donors (Lipinski definition) is 1. The topological polar surface area (TPSA) is 37.8 Å². The highest BCUT2D eigenvalue weighted by Crippen LogP contribution is 2.29. The smallest absolute Gasteiger partial charge is 0.223 e. The van der Waals surface area contributed by atoms with Crippen LogP contribution in [0.15, 0.2) is 10.7 Å². The van der Waals surface area contributed by atoms with Crippen LogP contribution >= 0.6 is 15.9 Å². The van der Waals surface area contributed by atoms with Crippen LogP contribution in [0.25, 0.3) is 0 Å². The third-order valence-corrected chi connectivity index (χ3v) is 3.63. The molecule has 1 heterocycles. The normalized spacial score (nSPS) is 25.6. The lowest BCUT2D eigenvalue weighted by Gasteiger charge is -2.34. The van der Waals surface area contributed by atoms with Gasteiger partial charge in [-0.3, -0.25) is 0 Å². The van der Waals surface area contributed by atoms with Gasteiger partial charge in [0, 0.05) is 12.2 Å². The number of nitrogens with one attached hydrogen (secondary N) is 1. The van der Waals surface area contributed by atoms with E-state index in [-0.39, 0.29) is 0 Å². The van der Waals surface area contributed by atoms with Gasteiger partial charge in [0.25, 0.3) is 0 Å². The van der Waals surface area contributed by atoms with E-state index in [0.29, 0.717) is 6.04 Å². The number of aromatic nitrogens is 2. The van der Waals surface area contributed by atoms with Gasteiger partial charge in [-0.2, -0.15) is 0 Å². The molecular weight excluding hydrogens is 242 g/mol. The van der Waals surface area contributed by atoms with E-state index in [1.807, 2.05) is 6.92 Å². The summed E-state index contributed by atoms with van der Waals surface area (Å²) in [4.78, 5) is 8.59. The number of rotatable bonds is 2. The molecule has 1 aromatic rings. The maximum atomic E-state index is 4.36. The van der Waals surface area contributed by atoms with Gasteiger partial charge in [0.15, 0.2) is 0 Å². The first-order valence-corrected chi connectivity index (χ1v) is 5.72. The molecule has 0 bridgehead atoms. The molecule has 2 atom stereocenters. The fourth-order valence-corrected chi connectivity index (χ4v) is 1.76. The molecule has 2 rings (SSSR count). The Morgan fingerprint density at radius 1 is 1.50 bits per heavy atom. The Labute approximate surface area is 92.5 Å². The van der Waals surface area contributed by atoms with Crippen LogP contribution < -0.4 is 5.32 Å². The van der Waals surface area contributed by atoms with Gasteiger partial charge in [-0.25, -0.2) is 9.97 Å². The van der Waals surface area contributed by atoms with Crippen molar-refractivity contribution in [1.29, 1.82) is 0 Å². The monoisotopic (exact) mass is 255 g/mol. The van der Waals surface area contributed by atoms with Crippen LogP contribution in [0.1, 0.15) is 25.5 Å². The third kappa shape index (κ3) is 1.90. The Hall–Kier alpha value is -0.640. The Kier molecular flexibility index (Phi) is 2.72. The van der Waals surface area contributed by atoms with E-state index < -0.39 is 0 Å². The standard InChI is InChI=1S/C10H14BrN3/c1-6-3-4-9(6)14-10-12-5-8(11)7(2)13-10/h5-6,9H,3-4H2,1-2H3,(H,12,13,14). The Morgan fingerprint density at radius 3 is 2.79 bits per heavy atom. The van der Waals surface area contributed by atoms with Gasteiger partial charge in [0.2, 0.25) is 5.95 Å². The molecule has 4 heteroatoms. The molecule has 1 N–H and O–H groups in total. The molecule has 2 unspecified atom stereocenters. The van der Waals surface area contributed by atoms with E-state index in [0.717, 1.165) is 22.0 Å². The van der Waals surface area contributed by atoms with Crippen molar-refractivity contribution in [3.8, 4) is 0 Å².